The van der Waals surface area contributed by atoms with Crippen molar-refractivity contribution in [3.8, 4) is 11.5 Å². The van der Waals surface area contributed by atoms with E-state index in [1.807, 2.05) is 84.9 Å². The summed E-state index contributed by atoms with van der Waals surface area (Å²) in [6, 6.07) is 33.3. The van der Waals surface area contributed by atoms with Crippen LogP contribution in [-0.2, 0) is 9.47 Å². The lowest BCUT2D eigenvalue weighted by Crippen LogP contribution is -2.23. The minimum absolute atomic E-state index is 0.398. The Morgan fingerprint density at radius 2 is 0.727 bits per heavy atom. The number of carbonyl (C=O) groups excluding carboxylic acids is 2. The maximum absolute atomic E-state index is 13.9. The maximum atomic E-state index is 13.9. The number of carbonyl (C=O) groups is 2. The molecule has 0 saturated heterocycles. The largest absolute Gasteiger partial charge is 0.494 e. The molecule has 0 aromatic heterocycles. The molecule has 2 atom stereocenters. The lowest BCUT2D eigenvalue weighted by Gasteiger charge is -2.28. The van der Waals surface area contributed by atoms with E-state index in [2.05, 4.69) is 13.8 Å². The minimum atomic E-state index is -0.907. The van der Waals surface area contributed by atoms with Crippen LogP contribution in [0.25, 0.3) is 0 Å². The zero-order chi connectivity index (χ0) is 46.0. The molecule has 0 aliphatic heterocycles. The standard InChI is InChI=1S/C60H82O6/c1-3-5-7-9-13-21-47-29-33-49(34-30-47)23-19-45-63-55-41-37-53(38-42-55)59(61)65-57(51-25-15-11-16-26-51)58(52-27-17-12-18-28-52)66-60(62)54-39-43-56(44-40-54)64-46-20-24-50-35-31-48(32-36-50)22-14-10-8-6-4-2/h11-12,15-18,25-28,37-44,47-50,57-58H,3-10,13-14,19-24,29-36,45-46H2,1-2H3. The Balaban J connectivity index is 0.966. The van der Waals surface area contributed by atoms with E-state index in [4.69, 9.17) is 18.9 Å². The highest BCUT2D eigenvalue weighted by molar-refractivity contribution is 5.90. The van der Waals surface area contributed by atoms with Crippen LogP contribution in [0.4, 0.5) is 0 Å². The van der Waals surface area contributed by atoms with Gasteiger partial charge in [-0.15, -0.1) is 0 Å². The lowest BCUT2D eigenvalue weighted by molar-refractivity contribution is -0.0388. The third kappa shape index (κ3) is 17.6. The summed E-state index contributed by atoms with van der Waals surface area (Å²) in [7, 11) is 0. The molecule has 6 heteroatoms. The molecule has 2 aliphatic carbocycles. The zero-order valence-corrected chi connectivity index (χ0v) is 40.7. The molecule has 6 nitrogen and oxygen atoms in total. The van der Waals surface area contributed by atoms with E-state index in [1.54, 1.807) is 24.3 Å². The summed E-state index contributed by atoms with van der Waals surface area (Å²) < 4.78 is 24.9. The van der Waals surface area contributed by atoms with Gasteiger partial charge in [-0.25, -0.2) is 9.59 Å². The molecular formula is C60H82O6. The molecule has 2 unspecified atom stereocenters. The Hall–Kier alpha value is -4.58. The fourth-order valence-electron chi connectivity index (χ4n) is 10.5. The number of ether oxygens (including phenoxy) is 4. The van der Waals surface area contributed by atoms with Crippen molar-refractivity contribution in [3.63, 3.8) is 0 Å². The van der Waals surface area contributed by atoms with Crippen molar-refractivity contribution in [2.24, 2.45) is 23.7 Å². The van der Waals surface area contributed by atoms with Gasteiger partial charge in [-0.3, -0.25) is 0 Å². The van der Waals surface area contributed by atoms with Crippen LogP contribution in [0.3, 0.4) is 0 Å². The van der Waals surface area contributed by atoms with E-state index in [1.165, 1.54) is 141 Å². The Morgan fingerprint density at radius 3 is 1.06 bits per heavy atom. The predicted molar refractivity (Wildman–Crippen MR) is 269 cm³/mol. The molecule has 2 fully saturated rings. The second-order valence-corrected chi connectivity index (χ2v) is 19.7. The van der Waals surface area contributed by atoms with Gasteiger partial charge in [0.15, 0.2) is 12.2 Å². The van der Waals surface area contributed by atoms with Gasteiger partial charge in [0.05, 0.1) is 24.3 Å². The first-order valence-corrected chi connectivity index (χ1v) is 26.5. The second-order valence-electron chi connectivity index (χ2n) is 19.7. The van der Waals surface area contributed by atoms with Crippen LogP contribution in [0.5, 0.6) is 11.5 Å². The third-order valence-electron chi connectivity index (χ3n) is 14.6. The van der Waals surface area contributed by atoms with Gasteiger partial charge < -0.3 is 18.9 Å². The van der Waals surface area contributed by atoms with Gasteiger partial charge in [-0.1, -0.05) is 203 Å². The van der Waals surface area contributed by atoms with Crippen molar-refractivity contribution in [2.45, 2.75) is 180 Å². The molecule has 0 amide bonds. The smallest absolute Gasteiger partial charge is 0.338 e. The van der Waals surface area contributed by atoms with E-state index >= 15 is 0 Å². The first-order valence-electron chi connectivity index (χ1n) is 26.5. The Kier molecular flexibility index (Phi) is 22.5. The SMILES string of the molecule is CCCCCCCC1CCC(CCCOc2ccc(C(=O)OC(c3ccccc3)C(OC(=O)c3ccc(OCCCC4CCC(CCCCCCC)CC4)cc3)c3ccccc3)cc2)CC1. The Morgan fingerprint density at radius 1 is 0.409 bits per heavy atom. The molecule has 0 radical (unpaired) electrons. The summed E-state index contributed by atoms with van der Waals surface area (Å²) in [5, 5.41) is 0. The van der Waals surface area contributed by atoms with Crippen LogP contribution in [0.2, 0.25) is 0 Å². The van der Waals surface area contributed by atoms with E-state index in [9.17, 15) is 9.59 Å². The van der Waals surface area contributed by atoms with Gasteiger partial charge in [-0.05, 0) is 109 Å². The van der Waals surface area contributed by atoms with Crippen LogP contribution in [0.1, 0.15) is 212 Å². The van der Waals surface area contributed by atoms with Crippen molar-refractivity contribution < 1.29 is 28.5 Å². The normalized spacial score (nSPS) is 19.4. The first kappa shape index (κ1) is 50.8. The molecule has 2 aliphatic rings. The molecular weight excluding hydrogens is 817 g/mol. The molecule has 0 N–H and O–H groups in total. The molecule has 6 rings (SSSR count). The highest BCUT2D eigenvalue weighted by Gasteiger charge is 2.33. The van der Waals surface area contributed by atoms with Gasteiger partial charge in [0.25, 0.3) is 0 Å². The monoisotopic (exact) mass is 899 g/mol. The maximum Gasteiger partial charge on any atom is 0.338 e. The summed E-state index contributed by atoms with van der Waals surface area (Å²) in [5.74, 6) is 3.95. The van der Waals surface area contributed by atoms with Crippen molar-refractivity contribution in [1.29, 1.82) is 0 Å². The number of hydrogen-bond donors (Lipinski definition) is 0. The fourth-order valence-corrected chi connectivity index (χ4v) is 10.5. The van der Waals surface area contributed by atoms with E-state index in [0.717, 1.165) is 59.1 Å². The number of esters is 2. The van der Waals surface area contributed by atoms with Crippen molar-refractivity contribution in [2.75, 3.05) is 13.2 Å². The summed E-state index contributed by atoms with van der Waals surface area (Å²) in [5.41, 5.74) is 2.24. The molecule has 4 aromatic rings. The minimum Gasteiger partial charge on any atom is -0.494 e. The summed E-state index contributed by atoms with van der Waals surface area (Å²) in [4.78, 5) is 27.8. The summed E-state index contributed by atoms with van der Waals surface area (Å²) in [6.07, 6.45) is 30.3. The second kappa shape index (κ2) is 29.2. The van der Waals surface area contributed by atoms with Gasteiger partial charge in [0.1, 0.15) is 11.5 Å². The first-order chi connectivity index (χ1) is 32.5. The predicted octanol–water partition coefficient (Wildman–Crippen LogP) is 16.8. The lowest BCUT2D eigenvalue weighted by atomic mass is 9.78. The average molecular weight is 899 g/mol. The summed E-state index contributed by atoms with van der Waals surface area (Å²) in [6.45, 7) is 5.90. The Labute approximate surface area is 399 Å². The zero-order valence-electron chi connectivity index (χ0n) is 40.7. The molecule has 358 valence electrons. The van der Waals surface area contributed by atoms with Crippen LogP contribution < -0.4 is 9.47 Å². The van der Waals surface area contributed by atoms with E-state index in [-0.39, 0.29) is 0 Å². The molecule has 0 bridgehead atoms. The van der Waals surface area contributed by atoms with Crippen molar-refractivity contribution in [1.82, 2.24) is 0 Å². The number of unbranched alkanes of at least 4 members (excludes halogenated alkanes) is 8. The van der Waals surface area contributed by atoms with Gasteiger partial charge in [0, 0.05) is 0 Å². The van der Waals surface area contributed by atoms with Crippen molar-refractivity contribution in [3.05, 3.63) is 131 Å². The molecule has 66 heavy (non-hydrogen) atoms. The van der Waals surface area contributed by atoms with Crippen molar-refractivity contribution >= 4 is 11.9 Å². The van der Waals surface area contributed by atoms with E-state index in [0.29, 0.717) is 24.3 Å². The van der Waals surface area contributed by atoms with Crippen LogP contribution in [0, 0.1) is 23.7 Å². The topological polar surface area (TPSA) is 71.1 Å². The highest BCUT2D eigenvalue weighted by atomic mass is 16.6. The fraction of sp³-hybridized carbons (Fsp3) is 0.567. The number of benzene rings is 4. The highest BCUT2D eigenvalue weighted by Crippen LogP contribution is 2.38. The quantitative estimate of drug-likeness (QED) is 0.0399. The summed E-state index contributed by atoms with van der Waals surface area (Å²) >= 11 is 0. The van der Waals surface area contributed by atoms with E-state index < -0.39 is 24.1 Å². The number of rotatable bonds is 29. The third-order valence-corrected chi connectivity index (χ3v) is 14.6. The van der Waals surface area contributed by atoms with Gasteiger partial charge >= 0.3 is 11.9 Å². The van der Waals surface area contributed by atoms with Gasteiger partial charge in [-0.2, -0.15) is 0 Å². The van der Waals surface area contributed by atoms with Crippen LogP contribution in [0.15, 0.2) is 109 Å². The molecule has 2 saturated carbocycles. The molecule has 0 spiro atoms. The molecule has 4 aromatic carbocycles. The van der Waals surface area contributed by atoms with Gasteiger partial charge in [0.2, 0.25) is 0 Å². The number of hydrogen-bond acceptors (Lipinski definition) is 6. The molecule has 0 heterocycles. The van der Waals surface area contributed by atoms with Crippen LogP contribution in [-0.4, -0.2) is 25.2 Å². The van der Waals surface area contributed by atoms with Crippen LogP contribution >= 0.6 is 0 Å². The Bertz CT molecular complexity index is 1750. The average Bonchev–Trinajstić information content (AvgIpc) is 3.36.